The molecule has 1 amide bonds. The first kappa shape index (κ1) is 25.2. The molecule has 0 bridgehead atoms. The molecule has 4 rings (SSSR count). The molecule has 0 saturated heterocycles. The smallest absolute Gasteiger partial charge is 0.238 e. The molecule has 2 aromatic heterocycles. The monoisotopic (exact) mass is 507 g/mol. The first-order chi connectivity index (χ1) is 17.1. The number of fused-ring (bicyclic) bond motifs is 1. The number of nitrogens with one attached hydrogen (secondary N) is 2. The van der Waals surface area contributed by atoms with Gasteiger partial charge in [-0.15, -0.1) is 0 Å². The zero-order valence-electron chi connectivity index (χ0n) is 20.6. The number of nitrogens with zero attached hydrogens (tertiary/aromatic N) is 3. The summed E-state index contributed by atoms with van der Waals surface area (Å²) in [5, 5.41) is 4.95. The number of carbonyl (C=O) groups is 1. The lowest BCUT2D eigenvalue weighted by Gasteiger charge is -2.14. The van der Waals surface area contributed by atoms with Crippen LogP contribution in [-0.2, 0) is 21.2 Å². The lowest BCUT2D eigenvalue weighted by molar-refractivity contribution is -0.120. The number of hydrogen-bond donors (Lipinski definition) is 2. The molecular weight excluding hydrogens is 478 g/mol. The molecule has 2 N–H and O–H groups in total. The maximum absolute atomic E-state index is 12.1. The second-order valence-corrected chi connectivity index (χ2v) is 11.1. The van der Waals surface area contributed by atoms with Gasteiger partial charge in [0.25, 0.3) is 0 Å². The van der Waals surface area contributed by atoms with Crippen molar-refractivity contribution in [3.63, 3.8) is 0 Å². The van der Waals surface area contributed by atoms with Crippen molar-refractivity contribution in [2.24, 2.45) is 0 Å². The van der Waals surface area contributed by atoms with Gasteiger partial charge < -0.3 is 19.9 Å². The summed E-state index contributed by atoms with van der Waals surface area (Å²) in [5.74, 6) is 1.65. The maximum Gasteiger partial charge on any atom is 0.238 e. The van der Waals surface area contributed by atoms with Crippen LogP contribution in [0.1, 0.15) is 18.1 Å². The summed E-state index contributed by atoms with van der Waals surface area (Å²) in [5.41, 5.74) is 4.46. The predicted octanol–water partition coefficient (Wildman–Crippen LogP) is 4.13. The van der Waals surface area contributed by atoms with Gasteiger partial charge in [-0.3, -0.25) is 4.79 Å². The highest BCUT2D eigenvalue weighted by Crippen LogP contribution is 2.30. The summed E-state index contributed by atoms with van der Waals surface area (Å²) in [6.45, 7) is 6.08. The van der Waals surface area contributed by atoms with E-state index < -0.39 is 21.0 Å². The zero-order chi connectivity index (χ0) is 25.9. The van der Waals surface area contributed by atoms with Gasteiger partial charge in [0.15, 0.2) is 15.7 Å². The van der Waals surface area contributed by atoms with Crippen molar-refractivity contribution in [2.75, 3.05) is 18.1 Å². The minimum Gasteiger partial charge on any atom is -0.457 e. The second kappa shape index (κ2) is 10.4. The number of amides is 1. The van der Waals surface area contributed by atoms with Gasteiger partial charge in [-0.25, -0.2) is 18.4 Å². The molecule has 0 aliphatic heterocycles. The van der Waals surface area contributed by atoms with Gasteiger partial charge in [0, 0.05) is 31.2 Å². The summed E-state index contributed by atoms with van der Waals surface area (Å²) in [4.78, 5) is 20.9. The van der Waals surface area contributed by atoms with Crippen LogP contribution in [0.5, 0.6) is 11.5 Å². The Bertz CT molecular complexity index is 1510. The lowest BCUT2D eigenvalue weighted by atomic mass is 10.2. The summed E-state index contributed by atoms with van der Waals surface area (Å²) >= 11 is 0. The first-order valence-corrected chi connectivity index (χ1v) is 13.5. The maximum atomic E-state index is 12.1. The fraction of sp³-hybridized carbons (Fsp3) is 0.269. The number of rotatable bonds is 9. The number of aryl methyl sites for hydroxylation is 2. The molecule has 4 aromatic rings. The number of hydrogen-bond acceptors (Lipinski definition) is 7. The number of aromatic nitrogens is 3. The highest BCUT2D eigenvalue weighted by atomic mass is 32.2. The standard InChI is InChI=1S/C26H29N5O4S/c1-17-6-5-7-21(14-17)35-23-9-8-20(15-18(23)2)30-25-24-22(28-16-29-25)10-12-31(24)13-11-27-26(32)19(3)36(4,33)34/h5-10,12,14-16,19H,11,13H2,1-4H3,(H,27,32)(H,28,29,30). The third kappa shape index (κ3) is 5.83. The Morgan fingerprint density at radius 2 is 1.92 bits per heavy atom. The highest BCUT2D eigenvalue weighted by Gasteiger charge is 2.23. The van der Waals surface area contributed by atoms with Crippen LogP contribution in [0.25, 0.3) is 11.0 Å². The average Bonchev–Trinajstić information content (AvgIpc) is 3.24. The van der Waals surface area contributed by atoms with Crippen molar-refractivity contribution in [3.8, 4) is 11.5 Å². The van der Waals surface area contributed by atoms with E-state index in [2.05, 4.69) is 20.6 Å². The molecule has 9 nitrogen and oxygen atoms in total. The molecule has 1 unspecified atom stereocenters. The molecule has 2 aromatic carbocycles. The van der Waals surface area contributed by atoms with E-state index in [4.69, 9.17) is 4.74 Å². The third-order valence-electron chi connectivity index (χ3n) is 5.87. The van der Waals surface area contributed by atoms with Crippen LogP contribution in [0.2, 0.25) is 0 Å². The number of carbonyl (C=O) groups excluding carboxylic acids is 1. The van der Waals surface area contributed by atoms with Crippen molar-refractivity contribution in [3.05, 3.63) is 72.2 Å². The molecule has 0 saturated carbocycles. The van der Waals surface area contributed by atoms with E-state index in [9.17, 15) is 13.2 Å². The predicted molar refractivity (Wildman–Crippen MR) is 141 cm³/mol. The van der Waals surface area contributed by atoms with Crippen LogP contribution in [-0.4, -0.2) is 46.9 Å². The van der Waals surface area contributed by atoms with E-state index >= 15 is 0 Å². The van der Waals surface area contributed by atoms with Crippen molar-refractivity contribution in [2.45, 2.75) is 32.6 Å². The van der Waals surface area contributed by atoms with Crippen LogP contribution in [0.3, 0.4) is 0 Å². The molecule has 0 aliphatic rings. The number of sulfone groups is 1. The SMILES string of the molecule is Cc1cccc(Oc2ccc(Nc3ncnc4ccn(CCNC(=O)C(C)S(C)(=O)=O)c34)cc2C)c1. The summed E-state index contributed by atoms with van der Waals surface area (Å²) in [6, 6.07) is 15.6. The molecule has 0 radical (unpaired) electrons. The first-order valence-electron chi connectivity index (χ1n) is 11.5. The Morgan fingerprint density at radius 1 is 1.11 bits per heavy atom. The summed E-state index contributed by atoms with van der Waals surface area (Å²) in [6.07, 6.45) is 4.41. The molecule has 0 aliphatic carbocycles. The second-order valence-electron chi connectivity index (χ2n) is 8.75. The Morgan fingerprint density at radius 3 is 2.64 bits per heavy atom. The molecular formula is C26H29N5O4S. The molecule has 1 atom stereocenters. The average molecular weight is 508 g/mol. The number of anilines is 2. The quantitative estimate of drug-likeness (QED) is 0.350. The molecule has 0 fully saturated rings. The van der Waals surface area contributed by atoms with Gasteiger partial charge in [0.1, 0.15) is 28.6 Å². The van der Waals surface area contributed by atoms with Crippen LogP contribution in [0.4, 0.5) is 11.5 Å². The van der Waals surface area contributed by atoms with Crippen LogP contribution in [0.15, 0.2) is 61.1 Å². The Hall–Kier alpha value is -3.92. The van der Waals surface area contributed by atoms with Gasteiger partial charge in [-0.1, -0.05) is 12.1 Å². The summed E-state index contributed by atoms with van der Waals surface area (Å²) < 4.78 is 31.2. The van der Waals surface area contributed by atoms with E-state index in [1.165, 1.54) is 13.3 Å². The van der Waals surface area contributed by atoms with Crippen LogP contribution >= 0.6 is 0 Å². The third-order valence-corrected chi connectivity index (χ3v) is 7.37. The van der Waals surface area contributed by atoms with Crippen LogP contribution < -0.4 is 15.4 Å². The van der Waals surface area contributed by atoms with Gasteiger partial charge in [-0.2, -0.15) is 0 Å². The van der Waals surface area contributed by atoms with Crippen LogP contribution in [0, 0.1) is 13.8 Å². The molecule has 10 heteroatoms. The van der Waals surface area contributed by atoms with Crippen molar-refractivity contribution in [1.29, 1.82) is 0 Å². The fourth-order valence-corrected chi connectivity index (χ4v) is 4.20. The Kier molecular flexibility index (Phi) is 7.25. The van der Waals surface area contributed by atoms with Gasteiger partial charge in [0.05, 0.1) is 5.52 Å². The Labute approximate surface area is 210 Å². The highest BCUT2D eigenvalue weighted by molar-refractivity contribution is 7.92. The van der Waals surface area contributed by atoms with E-state index in [-0.39, 0.29) is 6.54 Å². The van der Waals surface area contributed by atoms with Gasteiger partial charge >= 0.3 is 0 Å². The van der Waals surface area contributed by atoms with Crippen molar-refractivity contribution < 1.29 is 17.9 Å². The van der Waals surface area contributed by atoms with E-state index in [1.54, 1.807) is 0 Å². The lowest BCUT2D eigenvalue weighted by Crippen LogP contribution is -2.38. The zero-order valence-corrected chi connectivity index (χ0v) is 21.5. The van der Waals surface area contributed by atoms with E-state index in [0.29, 0.717) is 12.4 Å². The van der Waals surface area contributed by atoms with Gasteiger partial charge in [-0.05, 0) is 68.3 Å². The molecule has 0 spiro atoms. The van der Waals surface area contributed by atoms with E-state index in [0.717, 1.165) is 45.6 Å². The molecule has 188 valence electrons. The molecule has 2 heterocycles. The van der Waals surface area contributed by atoms with E-state index in [1.807, 2.05) is 73.1 Å². The number of ether oxygens (including phenoxy) is 1. The Balaban J connectivity index is 1.49. The summed E-state index contributed by atoms with van der Waals surface area (Å²) in [7, 11) is -3.45. The largest absolute Gasteiger partial charge is 0.457 e. The molecule has 36 heavy (non-hydrogen) atoms. The normalized spacial score (nSPS) is 12.3. The van der Waals surface area contributed by atoms with Crippen molar-refractivity contribution >= 4 is 38.3 Å². The fourth-order valence-electron chi connectivity index (χ4n) is 3.73. The number of benzene rings is 2. The van der Waals surface area contributed by atoms with Crippen molar-refractivity contribution in [1.82, 2.24) is 19.9 Å². The topological polar surface area (TPSA) is 115 Å². The minimum atomic E-state index is -3.45. The minimum absolute atomic E-state index is 0.265. The van der Waals surface area contributed by atoms with Gasteiger partial charge in [0.2, 0.25) is 5.91 Å².